The fourth-order valence-corrected chi connectivity index (χ4v) is 3.27. The van der Waals surface area contributed by atoms with Crippen molar-refractivity contribution >= 4 is 17.6 Å². The van der Waals surface area contributed by atoms with Crippen LogP contribution in [0, 0.1) is 0 Å². The Morgan fingerprint density at radius 1 is 1.38 bits per heavy atom. The fraction of sp³-hybridized carbons (Fsp3) is 0.588. The maximum absolute atomic E-state index is 11.3. The van der Waals surface area contributed by atoms with E-state index >= 15 is 0 Å². The molecule has 1 aromatic rings. The van der Waals surface area contributed by atoms with E-state index in [0.717, 1.165) is 37.1 Å². The van der Waals surface area contributed by atoms with Crippen LogP contribution < -0.4 is 5.32 Å². The van der Waals surface area contributed by atoms with Gasteiger partial charge in [0.05, 0.1) is 0 Å². The van der Waals surface area contributed by atoms with E-state index in [9.17, 15) is 9.90 Å². The summed E-state index contributed by atoms with van der Waals surface area (Å²) in [6.45, 7) is 2.09. The molecule has 1 fully saturated rings. The molecule has 0 spiro atoms. The molecule has 4 heteroatoms. The van der Waals surface area contributed by atoms with Gasteiger partial charge in [0.2, 0.25) is 0 Å². The van der Waals surface area contributed by atoms with Gasteiger partial charge < -0.3 is 10.4 Å². The first-order valence-corrected chi connectivity index (χ1v) is 8.22. The number of carboxylic acids is 1. The molecule has 2 N–H and O–H groups in total. The molecule has 3 atom stereocenters. The molecule has 1 aliphatic rings. The van der Waals surface area contributed by atoms with Gasteiger partial charge in [-0.3, -0.25) is 4.79 Å². The third kappa shape index (κ3) is 4.72. The second-order valence-electron chi connectivity index (χ2n) is 5.96. The molecule has 3 nitrogen and oxygen atoms in total. The summed E-state index contributed by atoms with van der Waals surface area (Å²) in [5.74, 6) is -0.209. The second kappa shape index (κ2) is 7.81. The summed E-state index contributed by atoms with van der Waals surface area (Å²) in [7, 11) is 0. The number of benzene rings is 1. The van der Waals surface area contributed by atoms with E-state index in [-0.39, 0.29) is 0 Å². The number of halogens is 1. The SMILES string of the molecule is CCCCC(NC1CCC(c2ccc(Cl)cc2)C1)C(=O)O. The summed E-state index contributed by atoms with van der Waals surface area (Å²) >= 11 is 5.92. The molecule has 0 saturated heterocycles. The largest absolute Gasteiger partial charge is 0.480 e. The lowest BCUT2D eigenvalue weighted by Crippen LogP contribution is -2.42. The van der Waals surface area contributed by atoms with E-state index < -0.39 is 12.0 Å². The average molecular weight is 310 g/mol. The Morgan fingerprint density at radius 3 is 2.71 bits per heavy atom. The van der Waals surface area contributed by atoms with Gasteiger partial charge in [-0.1, -0.05) is 43.5 Å². The fourth-order valence-electron chi connectivity index (χ4n) is 3.14. The molecular weight excluding hydrogens is 286 g/mol. The van der Waals surface area contributed by atoms with Crippen molar-refractivity contribution in [3.8, 4) is 0 Å². The standard InChI is InChI=1S/C17H24ClNO2/c1-2-3-4-16(17(20)21)19-15-10-7-13(11-15)12-5-8-14(18)9-6-12/h5-6,8-9,13,15-16,19H,2-4,7,10-11H2,1H3,(H,20,21). The number of rotatable bonds is 7. The zero-order chi connectivity index (χ0) is 15.2. The molecule has 1 saturated carbocycles. The summed E-state index contributed by atoms with van der Waals surface area (Å²) < 4.78 is 0. The van der Waals surface area contributed by atoms with Gasteiger partial charge in [0, 0.05) is 11.1 Å². The van der Waals surface area contributed by atoms with Crippen molar-refractivity contribution in [3.05, 3.63) is 34.9 Å². The Kier molecular flexibility index (Phi) is 6.07. The van der Waals surface area contributed by atoms with Gasteiger partial charge in [-0.25, -0.2) is 0 Å². The third-order valence-electron chi connectivity index (χ3n) is 4.36. The number of nitrogens with one attached hydrogen (secondary N) is 1. The van der Waals surface area contributed by atoms with Gasteiger partial charge in [-0.15, -0.1) is 0 Å². The zero-order valence-electron chi connectivity index (χ0n) is 12.5. The molecule has 1 aliphatic carbocycles. The van der Waals surface area contributed by atoms with E-state index in [1.54, 1.807) is 0 Å². The Morgan fingerprint density at radius 2 is 2.10 bits per heavy atom. The lowest BCUT2D eigenvalue weighted by molar-refractivity contribution is -0.139. The molecular formula is C17H24ClNO2. The number of hydrogen-bond donors (Lipinski definition) is 2. The van der Waals surface area contributed by atoms with Crippen molar-refractivity contribution in [1.82, 2.24) is 5.32 Å². The lowest BCUT2D eigenvalue weighted by atomic mass is 9.97. The Hall–Kier alpha value is -1.06. The summed E-state index contributed by atoms with van der Waals surface area (Å²) in [6, 6.07) is 7.93. The summed E-state index contributed by atoms with van der Waals surface area (Å²) in [6.07, 6.45) is 5.87. The van der Waals surface area contributed by atoms with Gasteiger partial charge in [-0.05, 0) is 49.3 Å². The van der Waals surface area contributed by atoms with Gasteiger partial charge >= 0.3 is 5.97 Å². The molecule has 2 rings (SSSR count). The van der Waals surface area contributed by atoms with Gasteiger partial charge in [-0.2, -0.15) is 0 Å². The van der Waals surface area contributed by atoms with Crippen LogP contribution in [0.3, 0.4) is 0 Å². The normalized spacial score (nSPS) is 23.1. The minimum absolute atomic E-state index is 0.309. The maximum atomic E-state index is 11.3. The molecule has 21 heavy (non-hydrogen) atoms. The molecule has 3 unspecified atom stereocenters. The Labute approximate surface area is 131 Å². The van der Waals surface area contributed by atoms with E-state index in [1.165, 1.54) is 5.56 Å². The predicted molar refractivity (Wildman–Crippen MR) is 85.9 cm³/mol. The molecule has 0 amide bonds. The molecule has 0 aliphatic heterocycles. The minimum atomic E-state index is -0.724. The third-order valence-corrected chi connectivity index (χ3v) is 4.61. The first-order chi connectivity index (χ1) is 10.1. The topological polar surface area (TPSA) is 49.3 Å². The van der Waals surface area contributed by atoms with Crippen LogP contribution in [0.15, 0.2) is 24.3 Å². The van der Waals surface area contributed by atoms with Crippen molar-refractivity contribution in [2.75, 3.05) is 0 Å². The second-order valence-corrected chi connectivity index (χ2v) is 6.39. The number of carboxylic acid groups (broad SMARTS) is 1. The van der Waals surface area contributed by atoms with Crippen molar-refractivity contribution in [2.24, 2.45) is 0 Å². The van der Waals surface area contributed by atoms with Crippen molar-refractivity contribution in [3.63, 3.8) is 0 Å². The molecule has 1 aromatic carbocycles. The first kappa shape index (κ1) is 16.3. The smallest absolute Gasteiger partial charge is 0.320 e. The molecule has 0 bridgehead atoms. The number of carbonyl (C=O) groups is 1. The Balaban J connectivity index is 1.89. The average Bonchev–Trinajstić information content (AvgIpc) is 2.92. The van der Waals surface area contributed by atoms with Crippen LogP contribution in [0.5, 0.6) is 0 Å². The van der Waals surface area contributed by atoms with E-state index in [1.807, 2.05) is 12.1 Å². The molecule has 0 heterocycles. The lowest BCUT2D eigenvalue weighted by Gasteiger charge is -2.20. The van der Waals surface area contributed by atoms with Gasteiger partial charge in [0.15, 0.2) is 0 Å². The monoisotopic (exact) mass is 309 g/mol. The van der Waals surface area contributed by atoms with Crippen LogP contribution in [0.1, 0.15) is 56.9 Å². The van der Waals surface area contributed by atoms with Crippen LogP contribution in [-0.2, 0) is 4.79 Å². The van der Waals surface area contributed by atoms with E-state index in [0.29, 0.717) is 18.4 Å². The highest BCUT2D eigenvalue weighted by Gasteiger charge is 2.29. The first-order valence-electron chi connectivity index (χ1n) is 7.84. The minimum Gasteiger partial charge on any atom is -0.480 e. The summed E-state index contributed by atoms with van der Waals surface area (Å²) in [4.78, 5) is 11.3. The van der Waals surface area contributed by atoms with E-state index in [2.05, 4.69) is 24.4 Å². The van der Waals surface area contributed by atoms with Crippen LogP contribution >= 0.6 is 11.6 Å². The number of hydrogen-bond acceptors (Lipinski definition) is 2. The van der Waals surface area contributed by atoms with Crippen molar-refractivity contribution in [2.45, 2.75) is 63.5 Å². The predicted octanol–water partition coefficient (Wildman–Crippen LogP) is 4.21. The molecule has 0 aromatic heterocycles. The Bertz CT molecular complexity index is 460. The van der Waals surface area contributed by atoms with Gasteiger partial charge in [0.25, 0.3) is 0 Å². The van der Waals surface area contributed by atoms with E-state index in [4.69, 9.17) is 11.6 Å². The summed E-state index contributed by atoms with van der Waals surface area (Å²) in [5, 5.41) is 13.4. The highest BCUT2D eigenvalue weighted by atomic mass is 35.5. The van der Waals surface area contributed by atoms with Crippen molar-refractivity contribution < 1.29 is 9.90 Å². The van der Waals surface area contributed by atoms with Crippen molar-refractivity contribution in [1.29, 1.82) is 0 Å². The maximum Gasteiger partial charge on any atom is 0.320 e. The number of aliphatic carboxylic acids is 1. The molecule has 0 radical (unpaired) electrons. The zero-order valence-corrected chi connectivity index (χ0v) is 13.3. The highest BCUT2D eigenvalue weighted by molar-refractivity contribution is 6.30. The summed E-state index contributed by atoms with van der Waals surface area (Å²) in [5.41, 5.74) is 1.31. The highest BCUT2D eigenvalue weighted by Crippen LogP contribution is 2.35. The van der Waals surface area contributed by atoms with Crippen LogP contribution in [-0.4, -0.2) is 23.2 Å². The number of unbranched alkanes of at least 4 members (excludes halogenated alkanes) is 1. The van der Waals surface area contributed by atoms with Crippen LogP contribution in [0.2, 0.25) is 5.02 Å². The molecule has 116 valence electrons. The van der Waals surface area contributed by atoms with Crippen LogP contribution in [0.25, 0.3) is 0 Å². The van der Waals surface area contributed by atoms with Crippen LogP contribution in [0.4, 0.5) is 0 Å². The van der Waals surface area contributed by atoms with Gasteiger partial charge in [0.1, 0.15) is 6.04 Å². The quantitative estimate of drug-likeness (QED) is 0.793.